The number of hydrogen-bond acceptors (Lipinski definition) is 2. The molecule has 0 fully saturated rings. The van der Waals surface area contributed by atoms with Crippen LogP contribution in [0, 0.1) is 5.82 Å². The van der Waals surface area contributed by atoms with Crippen molar-refractivity contribution < 1.29 is 4.39 Å². The molecule has 2 rings (SSSR count). The molecule has 1 N–H and O–H groups in total. The number of halogens is 2. The molecular weight excluding hydrogens is 287 g/mol. The van der Waals surface area contributed by atoms with Gasteiger partial charge in [0.25, 0.3) is 0 Å². The maximum absolute atomic E-state index is 13.1. The summed E-state index contributed by atoms with van der Waals surface area (Å²) in [7, 11) is 0. The lowest BCUT2D eigenvalue weighted by molar-refractivity contribution is 0.573. The van der Waals surface area contributed by atoms with Crippen molar-refractivity contribution in [1.82, 2.24) is 10.3 Å². The van der Waals surface area contributed by atoms with E-state index in [-0.39, 0.29) is 11.7 Å². The molecule has 112 valence electrons. The second-order valence-electron chi connectivity index (χ2n) is 5.12. The zero-order valence-electron chi connectivity index (χ0n) is 12.2. The lowest BCUT2D eigenvalue weighted by Gasteiger charge is -2.19. The standard InChI is InChI=1S/C17H20ClFN2/c1-2-8-20-11-15(13-3-5-16(19)6-4-13)10-14-7-9-21-12-17(14)18/h3-7,9,12,15,20H,2,8,10-11H2,1H3. The van der Waals surface area contributed by atoms with Crippen LogP contribution in [0.1, 0.15) is 30.4 Å². The van der Waals surface area contributed by atoms with Crippen LogP contribution in [0.5, 0.6) is 0 Å². The van der Waals surface area contributed by atoms with Gasteiger partial charge in [-0.1, -0.05) is 30.7 Å². The molecular formula is C17H20ClFN2. The van der Waals surface area contributed by atoms with E-state index in [1.165, 1.54) is 12.1 Å². The van der Waals surface area contributed by atoms with Gasteiger partial charge in [-0.3, -0.25) is 4.98 Å². The maximum atomic E-state index is 13.1. The summed E-state index contributed by atoms with van der Waals surface area (Å²) in [4.78, 5) is 4.01. The highest BCUT2D eigenvalue weighted by atomic mass is 35.5. The third kappa shape index (κ3) is 4.80. The third-order valence-electron chi connectivity index (χ3n) is 3.48. The van der Waals surface area contributed by atoms with E-state index in [0.29, 0.717) is 5.02 Å². The van der Waals surface area contributed by atoms with Crippen LogP contribution in [0.3, 0.4) is 0 Å². The monoisotopic (exact) mass is 306 g/mol. The number of nitrogens with zero attached hydrogens (tertiary/aromatic N) is 1. The fourth-order valence-electron chi connectivity index (χ4n) is 2.33. The normalized spacial score (nSPS) is 12.3. The van der Waals surface area contributed by atoms with Crippen LogP contribution >= 0.6 is 11.6 Å². The minimum atomic E-state index is -0.207. The highest BCUT2D eigenvalue weighted by Crippen LogP contribution is 2.24. The van der Waals surface area contributed by atoms with Crippen molar-refractivity contribution in [3.8, 4) is 0 Å². The van der Waals surface area contributed by atoms with Gasteiger partial charge in [0.05, 0.1) is 5.02 Å². The summed E-state index contributed by atoms with van der Waals surface area (Å²) in [5, 5.41) is 4.12. The topological polar surface area (TPSA) is 24.9 Å². The van der Waals surface area contributed by atoms with Crippen molar-refractivity contribution in [2.45, 2.75) is 25.7 Å². The molecule has 2 nitrogen and oxygen atoms in total. The molecule has 0 aliphatic rings. The van der Waals surface area contributed by atoms with E-state index in [4.69, 9.17) is 11.6 Å². The summed E-state index contributed by atoms with van der Waals surface area (Å²) in [6, 6.07) is 8.66. The van der Waals surface area contributed by atoms with Crippen LogP contribution in [0.15, 0.2) is 42.7 Å². The fraction of sp³-hybridized carbons (Fsp3) is 0.353. The predicted octanol–water partition coefficient (Wildman–Crippen LogP) is 4.20. The van der Waals surface area contributed by atoms with Crippen LogP contribution < -0.4 is 5.32 Å². The Morgan fingerprint density at radius 2 is 2.00 bits per heavy atom. The number of rotatable bonds is 7. The molecule has 0 amide bonds. The van der Waals surface area contributed by atoms with E-state index >= 15 is 0 Å². The first-order valence-corrected chi connectivity index (χ1v) is 7.63. The van der Waals surface area contributed by atoms with Crippen LogP contribution in [0.4, 0.5) is 4.39 Å². The van der Waals surface area contributed by atoms with Crippen LogP contribution in [-0.4, -0.2) is 18.1 Å². The quantitative estimate of drug-likeness (QED) is 0.776. The van der Waals surface area contributed by atoms with E-state index in [9.17, 15) is 4.39 Å². The Morgan fingerprint density at radius 3 is 2.67 bits per heavy atom. The molecule has 1 unspecified atom stereocenters. The van der Waals surface area contributed by atoms with Gasteiger partial charge in [0.2, 0.25) is 0 Å². The summed E-state index contributed by atoms with van der Waals surface area (Å²) in [5.74, 6) is 0.0537. The average Bonchev–Trinajstić information content (AvgIpc) is 2.49. The first-order chi connectivity index (χ1) is 10.2. The second kappa shape index (κ2) is 8.11. The largest absolute Gasteiger partial charge is 0.316 e. The van der Waals surface area contributed by atoms with Gasteiger partial charge in [0, 0.05) is 24.9 Å². The number of hydrogen-bond donors (Lipinski definition) is 1. The molecule has 1 aromatic heterocycles. The molecule has 1 atom stereocenters. The minimum absolute atomic E-state index is 0.207. The van der Waals surface area contributed by atoms with E-state index in [2.05, 4.69) is 17.2 Å². The van der Waals surface area contributed by atoms with Crippen LogP contribution in [0.2, 0.25) is 5.02 Å². The molecule has 0 spiro atoms. The van der Waals surface area contributed by atoms with Gasteiger partial charge in [-0.15, -0.1) is 0 Å². The molecule has 0 bridgehead atoms. The minimum Gasteiger partial charge on any atom is -0.316 e. The molecule has 1 aromatic carbocycles. The predicted molar refractivity (Wildman–Crippen MR) is 85.3 cm³/mol. The van der Waals surface area contributed by atoms with Gasteiger partial charge in [-0.05, 0) is 48.7 Å². The van der Waals surface area contributed by atoms with E-state index < -0.39 is 0 Å². The zero-order valence-corrected chi connectivity index (χ0v) is 12.9. The molecule has 21 heavy (non-hydrogen) atoms. The lowest BCUT2D eigenvalue weighted by Crippen LogP contribution is -2.23. The van der Waals surface area contributed by atoms with Gasteiger partial charge >= 0.3 is 0 Å². The van der Waals surface area contributed by atoms with Gasteiger partial charge in [0.15, 0.2) is 0 Å². The van der Waals surface area contributed by atoms with E-state index in [1.807, 2.05) is 18.2 Å². The highest BCUT2D eigenvalue weighted by molar-refractivity contribution is 6.31. The number of nitrogens with one attached hydrogen (secondary N) is 1. The molecule has 2 aromatic rings. The number of aromatic nitrogens is 1. The Labute approximate surface area is 130 Å². The number of pyridine rings is 1. The third-order valence-corrected chi connectivity index (χ3v) is 3.82. The first-order valence-electron chi connectivity index (χ1n) is 7.25. The van der Waals surface area contributed by atoms with Crippen molar-refractivity contribution in [1.29, 1.82) is 0 Å². The van der Waals surface area contributed by atoms with Gasteiger partial charge in [-0.25, -0.2) is 4.39 Å². The molecule has 0 aliphatic carbocycles. The van der Waals surface area contributed by atoms with Crippen LogP contribution in [-0.2, 0) is 6.42 Å². The van der Waals surface area contributed by atoms with Gasteiger partial charge in [0.1, 0.15) is 5.82 Å². The molecule has 0 saturated heterocycles. The summed E-state index contributed by atoms with van der Waals surface area (Å²) < 4.78 is 13.1. The summed E-state index contributed by atoms with van der Waals surface area (Å²) in [5.41, 5.74) is 2.19. The second-order valence-corrected chi connectivity index (χ2v) is 5.53. The Balaban J connectivity index is 2.15. The smallest absolute Gasteiger partial charge is 0.123 e. The summed E-state index contributed by atoms with van der Waals surface area (Å²) in [6.45, 7) is 3.96. The van der Waals surface area contributed by atoms with Gasteiger partial charge in [-0.2, -0.15) is 0 Å². The van der Waals surface area contributed by atoms with E-state index in [1.54, 1.807) is 12.4 Å². The van der Waals surface area contributed by atoms with Crippen molar-refractivity contribution in [3.63, 3.8) is 0 Å². The van der Waals surface area contributed by atoms with Crippen molar-refractivity contribution in [3.05, 3.63) is 64.7 Å². The Bertz CT molecular complexity index is 557. The molecule has 4 heteroatoms. The zero-order chi connectivity index (χ0) is 15.1. The Kier molecular flexibility index (Phi) is 6.15. The van der Waals surface area contributed by atoms with Crippen molar-refractivity contribution in [2.24, 2.45) is 0 Å². The summed E-state index contributed by atoms with van der Waals surface area (Å²) >= 11 is 6.20. The van der Waals surface area contributed by atoms with E-state index in [0.717, 1.165) is 37.1 Å². The fourth-order valence-corrected chi connectivity index (χ4v) is 2.53. The average molecular weight is 307 g/mol. The highest BCUT2D eigenvalue weighted by Gasteiger charge is 2.14. The lowest BCUT2D eigenvalue weighted by atomic mass is 9.92. The Morgan fingerprint density at radius 1 is 1.24 bits per heavy atom. The maximum Gasteiger partial charge on any atom is 0.123 e. The molecule has 0 saturated carbocycles. The molecule has 1 heterocycles. The molecule has 0 aliphatic heterocycles. The Hall–Kier alpha value is -1.45. The first kappa shape index (κ1) is 15.9. The number of benzene rings is 1. The summed E-state index contributed by atoms with van der Waals surface area (Å²) in [6.07, 6.45) is 5.32. The molecule has 0 radical (unpaired) electrons. The van der Waals surface area contributed by atoms with Gasteiger partial charge < -0.3 is 5.32 Å². The SMILES string of the molecule is CCCNCC(Cc1ccncc1Cl)c1ccc(F)cc1. The van der Waals surface area contributed by atoms with Crippen LogP contribution in [0.25, 0.3) is 0 Å². The van der Waals surface area contributed by atoms with Crippen molar-refractivity contribution in [2.75, 3.05) is 13.1 Å². The van der Waals surface area contributed by atoms with Crippen molar-refractivity contribution >= 4 is 11.6 Å².